The quantitative estimate of drug-likeness (QED) is 0.454. The predicted molar refractivity (Wildman–Crippen MR) is 79.6 cm³/mol. The van der Waals surface area contributed by atoms with Crippen LogP contribution in [0.15, 0.2) is 30.3 Å². The van der Waals surface area contributed by atoms with Crippen molar-refractivity contribution in [1.82, 2.24) is 0 Å². The molecule has 0 N–H and O–H groups in total. The predicted octanol–water partition coefficient (Wildman–Crippen LogP) is 4.63. The van der Waals surface area contributed by atoms with Crippen LogP contribution in [0.2, 0.25) is 0 Å². The molecule has 19 heavy (non-hydrogen) atoms. The fourth-order valence-corrected chi connectivity index (χ4v) is 2.16. The molecule has 0 spiro atoms. The van der Waals surface area contributed by atoms with Gasteiger partial charge < -0.3 is 4.74 Å². The number of benzene rings is 1. The van der Waals surface area contributed by atoms with Crippen molar-refractivity contribution >= 4 is 5.78 Å². The summed E-state index contributed by atoms with van der Waals surface area (Å²) < 4.78 is 5.80. The zero-order valence-corrected chi connectivity index (χ0v) is 12.2. The Morgan fingerprint density at radius 2 is 1.79 bits per heavy atom. The van der Waals surface area contributed by atoms with Gasteiger partial charge in [-0.3, -0.25) is 4.79 Å². The van der Waals surface area contributed by atoms with Crippen LogP contribution in [-0.2, 0) is 4.74 Å². The molecule has 1 atom stereocenters. The van der Waals surface area contributed by atoms with Crippen LogP contribution in [0, 0.1) is 0 Å². The molecular weight excluding hydrogens is 236 g/mol. The van der Waals surface area contributed by atoms with Gasteiger partial charge in [0.15, 0.2) is 5.78 Å². The first-order valence-electron chi connectivity index (χ1n) is 7.47. The highest BCUT2D eigenvalue weighted by Gasteiger charge is 2.11. The van der Waals surface area contributed by atoms with Crippen molar-refractivity contribution < 1.29 is 9.53 Å². The number of unbranched alkanes of at least 4 members (excludes halogenated alkanes) is 2. The molecule has 0 amide bonds. The molecule has 0 aliphatic carbocycles. The normalized spacial score (nSPS) is 12.3. The van der Waals surface area contributed by atoms with E-state index in [0.717, 1.165) is 24.8 Å². The van der Waals surface area contributed by atoms with Crippen LogP contribution in [0.5, 0.6) is 0 Å². The molecule has 0 radical (unpaired) electrons. The van der Waals surface area contributed by atoms with E-state index >= 15 is 0 Å². The summed E-state index contributed by atoms with van der Waals surface area (Å²) in [7, 11) is 0. The maximum atomic E-state index is 12.0. The average molecular weight is 262 g/mol. The first kappa shape index (κ1) is 15.9. The van der Waals surface area contributed by atoms with Gasteiger partial charge in [-0.15, -0.1) is 0 Å². The van der Waals surface area contributed by atoms with Crippen LogP contribution in [0.1, 0.15) is 62.7 Å². The number of carbonyl (C=O) groups excluding carboxylic acids is 1. The maximum Gasteiger partial charge on any atom is 0.188 e. The zero-order chi connectivity index (χ0) is 13.9. The van der Waals surface area contributed by atoms with Gasteiger partial charge in [0.2, 0.25) is 0 Å². The Kier molecular flexibility index (Phi) is 8.15. The number of ether oxygens (including phenoxy) is 1. The molecule has 0 fully saturated rings. The van der Waals surface area contributed by atoms with E-state index in [2.05, 4.69) is 13.8 Å². The summed E-state index contributed by atoms with van der Waals surface area (Å²) in [5.74, 6) is 0.0807. The Labute approximate surface area is 117 Å². The molecule has 2 nitrogen and oxygen atoms in total. The van der Waals surface area contributed by atoms with Gasteiger partial charge in [0.05, 0.1) is 6.10 Å². The second-order valence-corrected chi connectivity index (χ2v) is 5.01. The van der Waals surface area contributed by atoms with Gasteiger partial charge in [0.1, 0.15) is 6.61 Å². The molecule has 0 bridgehead atoms. The van der Waals surface area contributed by atoms with Crippen LogP contribution in [0.25, 0.3) is 0 Å². The van der Waals surface area contributed by atoms with E-state index in [0.29, 0.717) is 0 Å². The van der Waals surface area contributed by atoms with Crippen LogP contribution >= 0.6 is 0 Å². The smallest absolute Gasteiger partial charge is 0.188 e. The third kappa shape index (κ3) is 6.53. The van der Waals surface area contributed by atoms with Crippen molar-refractivity contribution in [2.75, 3.05) is 6.61 Å². The van der Waals surface area contributed by atoms with Gasteiger partial charge in [-0.1, -0.05) is 69.9 Å². The monoisotopic (exact) mass is 262 g/mol. The van der Waals surface area contributed by atoms with Gasteiger partial charge in [-0.25, -0.2) is 0 Å². The minimum absolute atomic E-state index is 0.0807. The summed E-state index contributed by atoms with van der Waals surface area (Å²) in [4.78, 5) is 12.0. The Morgan fingerprint density at radius 3 is 2.42 bits per heavy atom. The van der Waals surface area contributed by atoms with Crippen LogP contribution < -0.4 is 0 Å². The lowest BCUT2D eigenvalue weighted by molar-refractivity contribution is 0.0363. The molecule has 0 saturated heterocycles. The summed E-state index contributed by atoms with van der Waals surface area (Å²) in [6, 6.07) is 9.38. The SMILES string of the molecule is CCCCCC(CCC)OCC(=O)c1ccccc1. The minimum Gasteiger partial charge on any atom is -0.370 e. The summed E-state index contributed by atoms with van der Waals surface area (Å²) in [5, 5.41) is 0. The lowest BCUT2D eigenvalue weighted by Crippen LogP contribution is -2.18. The molecule has 1 rings (SSSR count). The van der Waals surface area contributed by atoms with Gasteiger partial charge in [0.25, 0.3) is 0 Å². The molecule has 1 aromatic rings. The summed E-state index contributed by atoms with van der Waals surface area (Å²) in [6.07, 6.45) is 7.13. The molecular formula is C17H26O2. The van der Waals surface area contributed by atoms with Crippen LogP contribution in [0.3, 0.4) is 0 Å². The molecule has 0 aromatic heterocycles. The van der Waals surface area contributed by atoms with E-state index in [4.69, 9.17) is 4.74 Å². The Bertz CT molecular complexity index is 346. The summed E-state index contributed by atoms with van der Waals surface area (Å²) >= 11 is 0. The van der Waals surface area contributed by atoms with Crippen molar-refractivity contribution in [3.8, 4) is 0 Å². The highest BCUT2D eigenvalue weighted by Crippen LogP contribution is 2.13. The second-order valence-electron chi connectivity index (χ2n) is 5.01. The van der Waals surface area contributed by atoms with E-state index in [9.17, 15) is 4.79 Å². The molecule has 1 aromatic carbocycles. The molecule has 1 unspecified atom stereocenters. The number of hydrogen-bond donors (Lipinski definition) is 0. The van der Waals surface area contributed by atoms with E-state index in [-0.39, 0.29) is 18.5 Å². The van der Waals surface area contributed by atoms with Crippen molar-refractivity contribution in [2.45, 2.75) is 58.5 Å². The number of rotatable bonds is 10. The zero-order valence-electron chi connectivity index (χ0n) is 12.2. The number of carbonyl (C=O) groups is 1. The highest BCUT2D eigenvalue weighted by atomic mass is 16.5. The van der Waals surface area contributed by atoms with Crippen molar-refractivity contribution in [3.63, 3.8) is 0 Å². The molecule has 2 heteroatoms. The molecule has 106 valence electrons. The first-order chi connectivity index (χ1) is 9.27. The Balaban J connectivity index is 2.36. The molecule has 0 aliphatic rings. The topological polar surface area (TPSA) is 26.3 Å². The number of ketones is 1. The number of Topliss-reactive ketones (excluding diaryl/α,β-unsaturated/α-hetero) is 1. The Hall–Kier alpha value is -1.15. The van der Waals surface area contributed by atoms with Crippen LogP contribution in [0.4, 0.5) is 0 Å². The minimum atomic E-state index is 0.0807. The third-order valence-corrected chi connectivity index (χ3v) is 3.29. The molecule has 0 heterocycles. The molecule has 0 aliphatic heterocycles. The van der Waals surface area contributed by atoms with Crippen molar-refractivity contribution in [2.24, 2.45) is 0 Å². The number of hydrogen-bond acceptors (Lipinski definition) is 2. The van der Waals surface area contributed by atoms with Crippen LogP contribution in [-0.4, -0.2) is 18.5 Å². The summed E-state index contributed by atoms with van der Waals surface area (Å²) in [6.45, 7) is 4.57. The van der Waals surface area contributed by atoms with Crippen molar-refractivity contribution in [1.29, 1.82) is 0 Å². The first-order valence-corrected chi connectivity index (χ1v) is 7.47. The van der Waals surface area contributed by atoms with Gasteiger partial charge in [-0.2, -0.15) is 0 Å². The standard InChI is InChI=1S/C17H26O2/c1-3-5-7-13-16(10-4-2)19-14-17(18)15-11-8-6-9-12-15/h6,8-9,11-12,16H,3-5,7,10,13-14H2,1-2H3. The Morgan fingerprint density at radius 1 is 1.05 bits per heavy atom. The fourth-order valence-electron chi connectivity index (χ4n) is 2.16. The maximum absolute atomic E-state index is 12.0. The molecule has 0 saturated carbocycles. The van der Waals surface area contributed by atoms with E-state index in [1.165, 1.54) is 19.3 Å². The summed E-state index contributed by atoms with van der Waals surface area (Å²) in [5.41, 5.74) is 0.742. The fraction of sp³-hybridized carbons (Fsp3) is 0.588. The van der Waals surface area contributed by atoms with Gasteiger partial charge >= 0.3 is 0 Å². The van der Waals surface area contributed by atoms with Crippen molar-refractivity contribution in [3.05, 3.63) is 35.9 Å². The third-order valence-electron chi connectivity index (χ3n) is 3.29. The highest BCUT2D eigenvalue weighted by molar-refractivity contribution is 5.96. The average Bonchev–Trinajstić information content (AvgIpc) is 2.45. The van der Waals surface area contributed by atoms with E-state index in [1.807, 2.05) is 30.3 Å². The second kappa shape index (κ2) is 9.74. The van der Waals surface area contributed by atoms with Gasteiger partial charge in [0, 0.05) is 5.56 Å². The largest absolute Gasteiger partial charge is 0.370 e. The van der Waals surface area contributed by atoms with E-state index in [1.54, 1.807) is 0 Å². The lowest BCUT2D eigenvalue weighted by Gasteiger charge is -2.16. The van der Waals surface area contributed by atoms with E-state index < -0.39 is 0 Å². The lowest BCUT2D eigenvalue weighted by atomic mass is 10.1. The van der Waals surface area contributed by atoms with Gasteiger partial charge in [-0.05, 0) is 12.8 Å².